The van der Waals surface area contributed by atoms with Gasteiger partial charge in [-0.1, -0.05) is 31.6 Å². The van der Waals surface area contributed by atoms with E-state index in [1.807, 2.05) is 0 Å². The van der Waals surface area contributed by atoms with Crippen molar-refractivity contribution in [1.82, 2.24) is 0 Å². The lowest BCUT2D eigenvalue weighted by atomic mass is 11.9. The van der Waals surface area contributed by atoms with E-state index in [2.05, 4.69) is 8.44 Å². The summed E-state index contributed by atoms with van der Waals surface area (Å²) in [4.78, 5) is 0. The second-order valence-electron chi connectivity index (χ2n) is 0.397. The summed E-state index contributed by atoms with van der Waals surface area (Å²) in [5.41, 5.74) is 0. The highest BCUT2D eigenvalue weighted by Gasteiger charge is 1.87. The van der Waals surface area contributed by atoms with E-state index in [-0.39, 0.29) is 4.17 Å². The van der Waals surface area contributed by atoms with Crippen molar-refractivity contribution in [2.24, 2.45) is 0 Å². The molecular formula is CH3Cl2PS. The lowest BCUT2D eigenvalue weighted by Gasteiger charge is -1.84. The molecule has 0 fully saturated rings. The number of alkyl halides is 2. The molecule has 0 aliphatic rings. The molecule has 5 heavy (non-hydrogen) atoms. The Morgan fingerprint density at radius 2 is 1.80 bits per heavy atom. The Balaban J connectivity index is 2.54. The molecule has 0 bridgehead atoms. The molecule has 0 rings (SSSR count). The van der Waals surface area contributed by atoms with Crippen LogP contribution in [0.5, 0.6) is 0 Å². The first-order chi connectivity index (χ1) is 2.27. The van der Waals surface area contributed by atoms with Crippen LogP contribution in [0, 0.1) is 0 Å². The van der Waals surface area contributed by atoms with E-state index in [4.69, 9.17) is 23.2 Å². The van der Waals surface area contributed by atoms with Crippen LogP contribution in [0.1, 0.15) is 0 Å². The van der Waals surface area contributed by atoms with Crippen LogP contribution < -0.4 is 0 Å². The van der Waals surface area contributed by atoms with Gasteiger partial charge in [0.25, 0.3) is 0 Å². The summed E-state index contributed by atoms with van der Waals surface area (Å²) in [5.74, 6) is 0. The summed E-state index contributed by atoms with van der Waals surface area (Å²) in [5, 5.41) is 0. The molecule has 0 saturated heterocycles. The van der Waals surface area contributed by atoms with Gasteiger partial charge in [-0.2, -0.15) is 0 Å². The van der Waals surface area contributed by atoms with Crippen molar-refractivity contribution in [3.8, 4) is 0 Å². The first-order valence-corrected chi connectivity index (χ1v) is 4.14. The van der Waals surface area contributed by atoms with Gasteiger partial charge in [0.1, 0.15) is 0 Å². The third-order valence-electron chi connectivity index (χ3n) is 0.103. The lowest BCUT2D eigenvalue weighted by molar-refractivity contribution is 2.02. The van der Waals surface area contributed by atoms with E-state index < -0.39 is 0 Å². The Morgan fingerprint density at radius 1 is 1.60 bits per heavy atom. The van der Waals surface area contributed by atoms with E-state index >= 15 is 0 Å². The molecule has 0 aromatic rings. The summed E-state index contributed by atoms with van der Waals surface area (Å²) < 4.78 is -0.292. The normalized spacial score (nSPS) is 9.60. The highest BCUT2D eigenvalue weighted by Crippen LogP contribution is 2.24. The van der Waals surface area contributed by atoms with Gasteiger partial charge in [0.15, 0.2) is 4.17 Å². The summed E-state index contributed by atoms with van der Waals surface area (Å²) in [6, 6.07) is 0. The molecule has 0 saturated carbocycles. The summed E-state index contributed by atoms with van der Waals surface area (Å²) in [7, 11) is 2.35. The fraction of sp³-hybridized carbons (Fsp3) is 1.00. The molecule has 0 radical (unpaired) electrons. The zero-order valence-corrected chi connectivity index (χ0v) is 5.80. The molecule has 0 nitrogen and oxygen atoms in total. The Hall–Kier alpha value is 1.36. The van der Waals surface area contributed by atoms with Crippen LogP contribution in [-0.4, -0.2) is 4.17 Å². The van der Waals surface area contributed by atoms with Crippen molar-refractivity contribution in [3.63, 3.8) is 0 Å². The average Bonchev–Trinajstić information content (AvgIpc) is 1.38. The fourth-order valence-corrected chi connectivity index (χ4v) is 0. The van der Waals surface area contributed by atoms with Crippen molar-refractivity contribution in [2.75, 3.05) is 0 Å². The Bertz CT molecular complexity index is 23.6. The molecule has 0 aliphatic carbocycles. The zero-order chi connectivity index (χ0) is 4.28. The van der Waals surface area contributed by atoms with E-state index in [9.17, 15) is 0 Å². The van der Waals surface area contributed by atoms with E-state index in [0.29, 0.717) is 0 Å². The van der Waals surface area contributed by atoms with Crippen LogP contribution in [0.15, 0.2) is 0 Å². The minimum Gasteiger partial charge on any atom is -0.105 e. The van der Waals surface area contributed by atoms with Gasteiger partial charge in [0.2, 0.25) is 0 Å². The van der Waals surface area contributed by atoms with Crippen LogP contribution in [0.25, 0.3) is 0 Å². The number of halogens is 2. The highest BCUT2D eigenvalue weighted by molar-refractivity contribution is 8.45. The second-order valence-corrected chi connectivity index (χ2v) is 3.57. The van der Waals surface area contributed by atoms with Crippen molar-refractivity contribution in [3.05, 3.63) is 0 Å². The molecular weight excluding hydrogens is 146 g/mol. The quantitative estimate of drug-likeness (QED) is 0.407. The average molecular weight is 149 g/mol. The Morgan fingerprint density at radius 3 is 1.80 bits per heavy atom. The predicted octanol–water partition coefficient (Wildman–Crippen LogP) is 2.27. The largest absolute Gasteiger partial charge is 0.156 e. The molecule has 4 heteroatoms. The number of hydrogen-bond acceptors (Lipinski definition) is 1. The van der Waals surface area contributed by atoms with E-state index in [1.165, 1.54) is 11.4 Å². The molecule has 0 amide bonds. The molecule has 0 aromatic heterocycles. The monoisotopic (exact) mass is 148 g/mol. The number of rotatable bonds is 1. The van der Waals surface area contributed by atoms with Crippen LogP contribution in [0.4, 0.5) is 0 Å². The van der Waals surface area contributed by atoms with Crippen LogP contribution in [-0.2, 0) is 0 Å². The smallest absolute Gasteiger partial charge is 0.105 e. The summed E-state index contributed by atoms with van der Waals surface area (Å²) >= 11 is 11.7. The first kappa shape index (κ1) is 6.36. The van der Waals surface area contributed by atoms with Crippen LogP contribution in [0.2, 0.25) is 0 Å². The van der Waals surface area contributed by atoms with Gasteiger partial charge in [-0.3, -0.25) is 0 Å². The van der Waals surface area contributed by atoms with Crippen molar-refractivity contribution in [1.29, 1.82) is 0 Å². The molecule has 32 valence electrons. The molecule has 0 aromatic carbocycles. The van der Waals surface area contributed by atoms with E-state index in [1.54, 1.807) is 0 Å². The maximum absolute atomic E-state index is 5.17. The van der Waals surface area contributed by atoms with Crippen molar-refractivity contribution >= 4 is 43.0 Å². The molecule has 0 N–H and O–H groups in total. The second kappa shape index (κ2) is 3.55. The van der Waals surface area contributed by atoms with Crippen molar-refractivity contribution in [2.45, 2.75) is 4.17 Å². The third-order valence-corrected chi connectivity index (χ3v) is 2.78. The van der Waals surface area contributed by atoms with Gasteiger partial charge in [-0.05, 0) is 0 Å². The van der Waals surface area contributed by atoms with E-state index in [0.717, 1.165) is 0 Å². The standard InChI is InChI=1S/CH3Cl2PS/c2-1(3)5-4/h1H,4H2. The minimum atomic E-state index is -0.292. The van der Waals surface area contributed by atoms with Crippen molar-refractivity contribution < 1.29 is 0 Å². The minimum absolute atomic E-state index is 0.292. The topological polar surface area (TPSA) is 0 Å². The molecule has 1 atom stereocenters. The molecule has 0 spiro atoms. The third kappa shape index (κ3) is 5.36. The van der Waals surface area contributed by atoms with Gasteiger partial charge in [0, 0.05) is 0 Å². The Labute approximate surface area is 47.5 Å². The maximum Gasteiger partial charge on any atom is 0.156 e. The fourth-order valence-electron chi connectivity index (χ4n) is 0. The summed E-state index contributed by atoms with van der Waals surface area (Å²) in [6.07, 6.45) is 0. The molecule has 1 unspecified atom stereocenters. The van der Waals surface area contributed by atoms with Crippen LogP contribution >= 0.6 is 43.0 Å². The van der Waals surface area contributed by atoms with Gasteiger partial charge in [-0.15, -0.1) is 11.4 Å². The van der Waals surface area contributed by atoms with Gasteiger partial charge in [-0.25, -0.2) is 0 Å². The SMILES string of the molecule is PSC(Cl)Cl. The van der Waals surface area contributed by atoms with Gasteiger partial charge >= 0.3 is 0 Å². The Kier molecular flexibility index (Phi) is 4.51. The van der Waals surface area contributed by atoms with Gasteiger partial charge < -0.3 is 0 Å². The predicted molar refractivity (Wildman–Crippen MR) is 32.8 cm³/mol. The summed E-state index contributed by atoms with van der Waals surface area (Å²) in [6.45, 7) is 0. The lowest BCUT2D eigenvalue weighted by Crippen LogP contribution is -1.61. The number of hydrogen-bond donors (Lipinski definition) is 0. The maximum atomic E-state index is 5.17. The highest BCUT2D eigenvalue weighted by atomic mass is 35.5. The molecule has 0 aliphatic heterocycles. The van der Waals surface area contributed by atoms with Crippen LogP contribution in [0.3, 0.4) is 0 Å². The molecule has 0 heterocycles. The first-order valence-electron chi connectivity index (χ1n) is 0.908. The zero-order valence-electron chi connectivity index (χ0n) is 2.32. The van der Waals surface area contributed by atoms with Gasteiger partial charge in [0.05, 0.1) is 0 Å².